The number of methoxy groups -OCH3 is 1. The number of benzene rings is 2. The van der Waals surface area contributed by atoms with Gasteiger partial charge < -0.3 is 19.5 Å². The molecule has 3 heterocycles. The Balaban J connectivity index is 1.76. The number of halogens is 4. The lowest BCUT2D eigenvalue weighted by Gasteiger charge is -2.46. The Morgan fingerprint density at radius 1 is 1.16 bits per heavy atom. The Hall–Kier alpha value is -2.97. The fraction of sp³-hybridized carbons (Fsp3) is 0.467. The van der Waals surface area contributed by atoms with Crippen molar-refractivity contribution in [2.75, 3.05) is 44.1 Å². The fourth-order valence-corrected chi connectivity index (χ4v) is 7.34. The first-order chi connectivity index (χ1) is 20.4. The number of aromatic nitrogens is 2. The third-order valence-corrected chi connectivity index (χ3v) is 9.11. The molecule has 2 aliphatic rings. The van der Waals surface area contributed by atoms with Gasteiger partial charge in [0.2, 0.25) is 0 Å². The molecular formula is C30H34F4N4O4S. The lowest BCUT2D eigenvalue weighted by Crippen LogP contribution is -2.60. The average molecular weight is 623 g/mol. The predicted molar refractivity (Wildman–Crippen MR) is 158 cm³/mol. The SMILES string of the molecule is C=CC(O)N1[C@H](C)CN(c2nc(=O)n3c4c(c(-c5ccc(F)cc5)c(C(F)(F)F)cc24)SC[C@H](OCCOC)C3)C[C@@H]1C. The van der Waals surface area contributed by atoms with E-state index < -0.39 is 35.6 Å². The summed E-state index contributed by atoms with van der Waals surface area (Å²) >= 11 is 1.18. The van der Waals surface area contributed by atoms with Crippen LogP contribution in [0.4, 0.5) is 23.4 Å². The van der Waals surface area contributed by atoms with Crippen LogP contribution in [0.5, 0.6) is 0 Å². The van der Waals surface area contributed by atoms with Crippen LogP contribution in [0, 0.1) is 5.82 Å². The molecule has 1 aromatic heterocycles. The molecule has 43 heavy (non-hydrogen) atoms. The van der Waals surface area contributed by atoms with E-state index in [1.165, 1.54) is 41.6 Å². The van der Waals surface area contributed by atoms with Crippen molar-refractivity contribution in [1.82, 2.24) is 14.5 Å². The topological polar surface area (TPSA) is 80.1 Å². The van der Waals surface area contributed by atoms with E-state index in [1.54, 1.807) is 0 Å². The van der Waals surface area contributed by atoms with Gasteiger partial charge in [0.1, 0.15) is 17.9 Å². The number of hydrogen-bond donors (Lipinski definition) is 1. The fourth-order valence-electron chi connectivity index (χ4n) is 6.05. The van der Waals surface area contributed by atoms with Gasteiger partial charge in [0.25, 0.3) is 0 Å². The molecule has 3 aromatic rings. The molecule has 0 bridgehead atoms. The van der Waals surface area contributed by atoms with Crippen LogP contribution in [0.25, 0.3) is 22.0 Å². The molecule has 0 radical (unpaired) electrons. The maximum atomic E-state index is 14.8. The summed E-state index contributed by atoms with van der Waals surface area (Å²) in [5.41, 5.74) is -1.11. The molecule has 5 rings (SSSR count). The molecule has 13 heteroatoms. The van der Waals surface area contributed by atoms with E-state index in [1.807, 2.05) is 23.6 Å². The lowest BCUT2D eigenvalue weighted by molar-refractivity contribution is -0.137. The molecule has 0 amide bonds. The van der Waals surface area contributed by atoms with E-state index in [-0.39, 0.29) is 58.2 Å². The quantitative estimate of drug-likeness (QED) is 0.219. The van der Waals surface area contributed by atoms with Crippen molar-refractivity contribution in [2.45, 2.75) is 55.9 Å². The molecule has 2 aliphatic heterocycles. The molecule has 0 spiro atoms. The van der Waals surface area contributed by atoms with E-state index >= 15 is 0 Å². The Morgan fingerprint density at radius 3 is 2.44 bits per heavy atom. The lowest BCUT2D eigenvalue weighted by atomic mass is 9.96. The standard InChI is InChI=1S/C30H34F4N4O4S/c1-5-24(39)38-17(2)13-36(14-18(38)3)28-22-12-23(30(32,33)34)25(19-6-8-20(31)9-7-19)27-26(22)37(29(40)35-28)15-21(16-43-27)42-11-10-41-4/h5-9,12,17-18,21,24,39H,1,10-11,13-16H2,2-4H3/t17-,18+,21-,24?/m1/s1. The third-order valence-electron chi connectivity index (χ3n) is 7.88. The van der Waals surface area contributed by atoms with Crippen LogP contribution in [0.3, 0.4) is 0 Å². The van der Waals surface area contributed by atoms with Crippen molar-refractivity contribution < 1.29 is 32.1 Å². The van der Waals surface area contributed by atoms with Gasteiger partial charge in [0, 0.05) is 53.9 Å². The van der Waals surface area contributed by atoms with E-state index in [4.69, 9.17) is 9.47 Å². The molecule has 1 saturated heterocycles. The zero-order valence-electron chi connectivity index (χ0n) is 24.1. The second-order valence-electron chi connectivity index (χ2n) is 10.9. The molecule has 0 saturated carbocycles. The first-order valence-corrected chi connectivity index (χ1v) is 14.9. The number of piperazine rings is 1. The summed E-state index contributed by atoms with van der Waals surface area (Å²) in [4.78, 5) is 22.0. The highest BCUT2D eigenvalue weighted by molar-refractivity contribution is 7.99. The first-order valence-electron chi connectivity index (χ1n) is 14.0. The number of rotatable bonds is 8. The number of alkyl halides is 3. The second kappa shape index (κ2) is 12.6. The van der Waals surface area contributed by atoms with Crippen LogP contribution in [0.1, 0.15) is 19.4 Å². The van der Waals surface area contributed by atoms with Gasteiger partial charge in [-0.05, 0) is 43.7 Å². The summed E-state index contributed by atoms with van der Waals surface area (Å²) in [7, 11) is 1.53. The number of aliphatic hydroxyl groups is 1. The zero-order valence-corrected chi connectivity index (χ0v) is 24.9. The molecule has 4 atom stereocenters. The first kappa shape index (κ1) is 31.5. The van der Waals surface area contributed by atoms with E-state index in [0.29, 0.717) is 25.2 Å². The summed E-state index contributed by atoms with van der Waals surface area (Å²) in [5, 5.41) is 10.7. The minimum atomic E-state index is -4.76. The van der Waals surface area contributed by atoms with Crippen molar-refractivity contribution in [3.05, 3.63) is 64.9 Å². The van der Waals surface area contributed by atoms with Crippen LogP contribution >= 0.6 is 11.8 Å². The highest BCUT2D eigenvalue weighted by Crippen LogP contribution is 2.48. The summed E-state index contributed by atoms with van der Waals surface area (Å²) in [6, 6.07) is 5.49. The Morgan fingerprint density at radius 2 is 1.84 bits per heavy atom. The van der Waals surface area contributed by atoms with Gasteiger partial charge in [-0.2, -0.15) is 18.2 Å². The number of ether oxygens (including phenoxy) is 2. The molecule has 2 aromatic carbocycles. The molecule has 1 N–H and O–H groups in total. The molecule has 1 unspecified atom stereocenters. The van der Waals surface area contributed by atoms with Gasteiger partial charge in [0.15, 0.2) is 0 Å². The van der Waals surface area contributed by atoms with Gasteiger partial charge in [-0.25, -0.2) is 9.18 Å². The summed E-state index contributed by atoms with van der Waals surface area (Å²) < 4.78 is 70.8. The smallest absolute Gasteiger partial charge is 0.382 e. The third kappa shape index (κ3) is 6.18. The van der Waals surface area contributed by atoms with Gasteiger partial charge in [0.05, 0.1) is 36.9 Å². The number of nitrogens with zero attached hydrogens (tertiary/aromatic N) is 4. The summed E-state index contributed by atoms with van der Waals surface area (Å²) in [6.07, 6.45) is -4.73. The minimum absolute atomic E-state index is 0.0899. The monoisotopic (exact) mass is 622 g/mol. The van der Waals surface area contributed by atoms with Crippen LogP contribution < -0.4 is 10.6 Å². The Labute approximate surface area is 250 Å². The van der Waals surface area contributed by atoms with E-state index in [0.717, 1.165) is 18.2 Å². The van der Waals surface area contributed by atoms with Crippen molar-refractivity contribution in [2.24, 2.45) is 0 Å². The number of thioether (sulfide) groups is 1. The van der Waals surface area contributed by atoms with Crippen LogP contribution in [-0.2, 0) is 22.2 Å². The van der Waals surface area contributed by atoms with Gasteiger partial charge in [-0.1, -0.05) is 18.7 Å². The minimum Gasteiger partial charge on any atom is -0.382 e. The highest BCUT2D eigenvalue weighted by atomic mass is 32.2. The molecule has 232 valence electrons. The number of aliphatic hydroxyl groups excluding tert-OH is 1. The van der Waals surface area contributed by atoms with Gasteiger partial charge in [-0.3, -0.25) is 9.47 Å². The molecule has 1 fully saturated rings. The maximum absolute atomic E-state index is 14.8. The summed E-state index contributed by atoms with van der Waals surface area (Å²) in [6.45, 7) is 8.73. The van der Waals surface area contributed by atoms with Crippen molar-refractivity contribution in [1.29, 1.82) is 0 Å². The predicted octanol–water partition coefficient (Wildman–Crippen LogP) is 4.76. The highest BCUT2D eigenvalue weighted by Gasteiger charge is 2.40. The molecule has 8 nitrogen and oxygen atoms in total. The van der Waals surface area contributed by atoms with Crippen LogP contribution in [0.2, 0.25) is 0 Å². The summed E-state index contributed by atoms with van der Waals surface area (Å²) in [5.74, 6) is -0.147. The Kier molecular flexibility index (Phi) is 9.19. The van der Waals surface area contributed by atoms with Gasteiger partial charge in [-0.15, -0.1) is 11.8 Å². The van der Waals surface area contributed by atoms with Crippen LogP contribution in [-0.4, -0.2) is 83.1 Å². The number of hydrogen-bond acceptors (Lipinski definition) is 8. The van der Waals surface area contributed by atoms with Crippen molar-refractivity contribution in [3.63, 3.8) is 0 Å². The van der Waals surface area contributed by atoms with Gasteiger partial charge >= 0.3 is 11.9 Å². The average Bonchev–Trinajstić information content (AvgIpc) is 3.15. The van der Waals surface area contributed by atoms with E-state index in [2.05, 4.69) is 11.6 Å². The maximum Gasteiger partial charge on any atom is 0.417 e. The van der Waals surface area contributed by atoms with E-state index in [9.17, 15) is 27.5 Å². The largest absolute Gasteiger partial charge is 0.417 e. The second-order valence-corrected chi connectivity index (χ2v) is 11.9. The number of anilines is 1. The zero-order chi connectivity index (χ0) is 31.1. The van der Waals surface area contributed by atoms with Crippen molar-refractivity contribution in [3.8, 4) is 11.1 Å². The normalized spacial score (nSPS) is 22.0. The Bertz CT molecular complexity index is 1540. The van der Waals surface area contributed by atoms with Crippen molar-refractivity contribution >= 4 is 28.5 Å². The molecular weight excluding hydrogens is 588 g/mol. The van der Waals surface area contributed by atoms with Crippen LogP contribution in [0.15, 0.2) is 52.7 Å². The molecule has 0 aliphatic carbocycles.